The molecule has 1 atom stereocenters. The Morgan fingerprint density at radius 2 is 2.20 bits per heavy atom. The van der Waals surface area contributed by atoms with Crippen LogP contribution in [0.2, 0.25) is 5.02 Å². The highest BCUT2D eigenvalue weighted by Crippen LogP contribution is 2.24. The van der Waals surface area contributed by atoms with Crippen molar-refractivity contribution in [3.8, 4) is 0 Å². The highest BCUT2D eigenvalue weighted by molar-refractivity contribution is 6.33. The fourth-order valence-corrected chi connectivity index (χ4v) is 1.79. The van der Waals surface area contributed by atoms with Crippen LogP contribution >= 0.6 is 11.6 Å². The SMILES string of the molecule is CC(C(=O)Nc1cc(C(=O)O)ccc1Cl)n1cccn1. The third-order valence-electron chi connectivity index (χ3n) is 2.77. The van der Waals surface area contributed by atoms with Crippen LogP contribution in [0.5, 0.6) is 0 Å². The molecule has 1 aromatic carbocycles. The first-order valence-electron chi connectivity index (χ1n) is 5.82. The summed E-state index contributed by atoms with van der Waals surface area (Å²) >= 11 is 5.94. The van der Waals surface area contributed by atoms with Crippen molar-refractivity contribution in [2.75, 3.05) is 5.32 Å². The van der Waals surface area contributed by atoms with E-state index >= 15 is 0 Å². The number of halogens is 1. The molecule has 104 valence electrons. The first kappa shape index (κ1) is 14.1. The minimum atomic E-state index is -1.09. The van der Waals surface area contributed by atoms with Crippen LogP contribution in [0.3, 0.4) is 0 Å². The number of hydrogen-bond acceptors (Lipinski definition) is 3. The van der Waals surface area contributed by atoms with E-state index in [9.17, 15) is 9.59 Å². The highest BCUT2D eigenvalue weighted by Gasteiger charge is 2.17. The summed E-state index contributed by atoms with van der Waals surface area (Å²) in [5.74, 6) is -1.42. The zero-order chi connectivity index (χ0) is 14.7. The molecule has 0 aliphatic rings. The van der Waals surface area contributed by atoms with Crippen LogP contribution in [0, 0.1) is 0 Å². The fourth-order valence-electron chi connectivity index (χ4n) is 1.62. The molecule has 0 aliphatic heterocycles. The lowest BCUT2D eigenvalue weighted by Gasteiger charge is -2.13. The first-order chi connectivity index (χ1) is 9.49. The molecule has 2 rings (SSSR count). The second-order valence-electron chi connectivity index (χ2n) is 4.15. The second kappa shape index (κ2) is 5.75. The molecule has 0 saturated heterocycles. The Bertz CT molecular complexity index is 640. The molecule has 2 N–H and O–H groups in total. The molecular weight excluding hydrogens is 282 g/mol. The van der Waals surface area contributed by atoms with Crippen LogP contribution in [-0.2, 0) is 4.79 Å². The molecule has 0 spiro atoms. The van der Waals surface area contributed by atoms with Crippen molar-refractivity contribution in [2.45, 2.75) is 13.0 Å². The summed E-state index contributed by atoms with van der Waals surface area (Å²) < 4.78 is 1.49. The van der Waals surface area contributed by atoms with E-state index in [1.807, 2.05) is 0 Å². The Morgan fingerprint density at radius 3 is 2.80 bits per heavy atom. The van der Waals surface area contributed by atoms with Gasteiger partial charge in [0.1, 0.15) is 6.04 Å². The predicted molar refractivity (Wildman–Crippen MR) is 74.0 cm³/mol. The molecule has 0 aliphatic carbocycles. The summed E-state index contributed by atoms with van der Waals surface area (Å²) in [5.41, 5.74) is 0.312. The molecule has 1 unspecified atom stereocenters. The molecule has 20 heavy (non-hydrogen) atoms. The van der Waals surface area contributed by atoms with Crippen molar-refractivity contribution in [1.29, 1.82) is 0 Å². The molecule has 0 bridgehead atoms. The summed E-state index contributed by atoms with van der Waals surface area (Å²) in [5, 5.41) is 15.8. The van der Waals surface area contributed by atoms with Crippen molar-refractivity contribution < 1.29 is 14.7 Å². The number of amides is 1. The van der Waals surface area contributed by atoms with E-state index in [-0.39, 0.29) is 22.2 Å². The van der Waals surface area contributed by atoms with Gasteiger partial charge in [-0.3, -0.25) is 9.48 Å². The van der Waals surface area contributed by atoms with Gasteiger partial charge >= 0.3 is 5.97 Å². The quantitative estimate of drug-likeness (QED) is 0.907. The number of hydrogen-bond donors (Lipinski definition) is 2. The monoisotopic (exact) mass is 293 g/mol. The Hall–Kier alpha value is -2.34. The van der Waals surface area contributed by atoms with E-state index in [0.717, 1.165) is 0 Å². The van der Waals surface area contributed by atoms with Crippen molar-refractivity contribution in [1.82, 2.24) is 9.78 Å². The van der Waals surface area contributed by atoms with E-state index in [4.69, 9.17) is 16.7 Å². The topological polar surface area (TPSA) is 84.2 Å². The van der Waals surface area contributed by atoms with Crippen LogP contribution in [0.1, 0.15) is 23.3 Å². The Labute approximate surface area is 120 Å². The molecule has 1 amide bonds. The van der Waals surface area contributed by atoms with Gasteiger partial charge in [0.15, 0.2) is 0 Å². The van der Waals surface area contributed by atoms with Gasteiger partial charge in [-0.15, -0.1) is 0 Å². The smallest absolute Gasteiger partial charge is 0.335 e. The number of carboxylic acids is 1. The largest absolute Gasteiger partial charge is 0.478 e. The lowest BCUT2D eigenvalue weighted by Crippen LogP contribution is -2.24. The van der Waals surface area contributed by atoms with Crippen LogP contribution < -0.4 is 5.32 Å². The summed E-state index contributed by atoms with van der Waals surface area (Å²) in [6.07, 6.45) is 3.24. The third kappa shape index (κ3) is 2.97. The Balaban J connectivity index is 2.19. The zero-order valence-corrected chi connectivity index (χ0v) is 11.3. The molecule has 7 heteroatoms. The van der Waals surface area contributed by atoms with Gasteiger partial charge in [-0.1, -0.05) is 11.6 Å². The average Bonchev–Trinajstić information content (AvgIpc) is 2.94. The second-order valence-corrected chi connectivity index (χ2v) is 4.56. The number of carbonyl (C=O) groups is 2. The highest BCUT2D eigenvalue weighted by atomic mass is 35.5. The van der Waals surface area contributed by atoms with Crippen molar-refractivity contribution >= 4 is 29.2 Å². The minimum absolute atomic E-state index is 0.0523. The molecule has 0 radical (unpaired) electrons. The van der Waals surface area contributed by atoms with Gasteiger partial charge < -0.3 is 10.4 Å². The third-order valence-corrected chi connectivity index (χ3v) is 3.10. The number of carbonyl (C=O) groups excluding carboxylic acids is 1. The predicted octanol–water partition coefficient (Wildman–Crippen LogP) is 2.43. The maximum Gasteiger partial charge on any atom is 0.335 e. The van der Waals surface area contributed by atoms with E-state index < -0.39 is 12.0 Å². The van der Waals surface area contributed by atoms with Crippen LogP contribution in [0.15, 0.2) is 36.7 Å². The molecule has 1 heterocycles. The molecule has 1 aromatic heterocycles. The minimum Gasteiger partial charge on any atom is -0.478 e. The maximum absolute atomic E-state index is 12.1. The van der Waals surface area contributed by atoms with E-state index in [1.54, 1.807) is 25.4 Å². The van der Waals surface area contributed by atoms with Crippen molar-refractivity contribution in [2.24, 2.45) is 0 Å². The Morgan fingerprint density at radius 1 is 1.45 bits per heavy atom. The molecule has 0 saturated carbocycles. The number of aromatic carboxylic acids is 1. The molecule has 6 nitrogen and oxygen atoms in total. The van der Waals surface area contributed by atoms with Gasteiger partial charge in [0.05, 0.1) is 16.3 Å². The zero-order valence-electron chi connectivity index (χ0n) is 10.6. The van der Waals surface area contributed by atoms with Gasteiger partial charge in [0.25, 0.3) is 0 Å². The van der Waals surface area contributed by atoms with Crippen molar-refractivity contribution in [3.63, 3.8) is 0 Å². The molecule has 2 aromatic rings. The van der Waals surface area contributed by atoms with Gasteiger partial charge in [-0.25, -0.2) is 4.79 Å². The Kier molecular flexibility index (Phi) is 4.05. The normalized spacial score (nSPS) is 11.9. The number of anilines is 1. The number of nitrogens with one attached hydrogen (secondary N) is 1. The number of aromatic nitrogens is 2. The lowest BCUT2D eigenvalue weighted by molar-refractivity contribution is -0.119. The van der Waals surface area contributed by atoms with Gasteiger partial charge in [-0.05, 0) is 31.2 Å². The van der Waals surface area contributed by atoms with E-state index in [0.29, 0.717) is 0 Å². The molecule has 0 fully saturated rings. The summed E-state index contributed by atoms with van der Waals surface area (Å²) in [6, 6.07) is 5.30. The van der Waals surface area contributed by atoms with E-state index in [1.165, 1.54) is 22.9 Å². The van der Waals surface area contributed by atoms with Crippen molar-refractivity contribution in [3.05, 3.63) is 47.2 Å². The van der Waals surface area contributed by atoms with Gasteiger partial charge in [-0.2, -0.15) is 5.10 Å². The average molecular weight is 294 g/mol. The summed E-state index contributed by atoms with van der Waals surface area (Å²) in [7, 11) is 0. The summed E-state index contributed by atoms with van der Waals surface area (Å²) in [6.45, 7) is 1.68. The van der Waals surface area contributed by atoms with Crippen LogP contribution in [-0.4, -0.2) is 26.8 Å². The fraction of sp³-hybridized carbons (Fsp3) is 0.154. The first-order valence-corrected chi connectivity index (χ1v) is 6.19. The maximum atomic E-state index is 12.1. The number of rotatable bonds is 4. The number of benzene rings is 1. The van der Waals surface area contributed by atoms with Crippen LogP contribution in [0.4, 0.5) is 5.69 Å². The van der Waals surface area contributed by atoms with Crippen LogP contribution in [0.25, 0.3) is 0 Å². The van der Waals surface area contributed by atoms with E-state index in [2.05, 4.69) is 10.4 Å². The summed E-state index contributed by atoms with van der Waals surface area (Å²) in [4.78, 5) is 23.0. The van der Waals surface area contributed by atoms with Gasteiger partial charge in [0, 0.05) is 12.4 Å². The number of nitrogens with zero attached hydrogens (tertiary/aromatic N) is 2. The molecular formula is C13H12ClN3O3. The standard InChI is InChI=1S/C13H12ClN3O3/c1-8(17-6-2-5-15-17)12(18)16-11-7-9(13(19)20)3-4-10(11)14/h2-8H,1H3,(H,16,18)(H,19,20). The number of carboxylic acid groups (broad SMARTS) is 1. The lowest BCUT2D eigenvalue weighted by atomic mass is 10.2. The van der Waals surface area contributed by atoms with Gasteiger partial charge in [0.2, 0.25) is 5.91 Å².